The highest BCUT2D eigenvalue weighted by Crippen LogP contribution is 2.31. The van der Waals surface area contributed by atoms with Crippen LogP contribution in [0.2, 0.25) is 0 Å². The van der Waals surface area contributed by atoms with Crippen LogP contribution in [0.25, 0.3) is 11.4 Å². The Balaban J connectivity index is 1.87. The van der Waals surface area contributed by atoms with Gasteiger partial charge in [-0.25, -0.2) is 9.36 Å². The fraction of sp³-hybridized carbons (Fsp3) is 0.211. The van der Waals surface area contributed by atoms with Crippen LogP contribution in [-0.2, 0) is 6.54 Å². The van der Waals surface area contributed by atoms with Gasteiger partial charge in [-0.3, -0.25) is 9.32 Å². The molecule has 0 aliphatic rings. The largest absolute Gasteiger partial charge is 0.493 e. The summed E-state index contributed by atoms with van der Waals surface area (Å²) < 4.78 is 44.9. The summed E-state index contributed by atoms with van der Waals surface area (Å²) in [5.41, 5.74) is 0.681. The molecule has 0 saturated heterocycles. The number of rotatable bonds is 8. The number of carbonyl (C=O) groups excluding carboxylic acids is 1. The number of alkyl halides is 2. The highest BCUT2D eigenvalue weighted by Gasteiger charge is 2.18. The van der Waals surface area contributed by atoms with E-state index in [4.69, 9.17) is 14.0 Å². The predicted octanol–water partition coefficient (Wildman–Crippen LogP) is 3.00. The van der Waals surface area contributed by atoms with Gasteiger partial charge in [0.05, 0.1) is 20.8 Å². The molecule has 0 radical (unpaired) electrons. The minimum Gasteiger partial charge on any atom is -0.493 e. The second-order valence-corrected chi connectivity index (χ2v) is 5.75. The van der Waals surface area contributed by atoms with Gasteiger partial charge in [0.15, 0.2) is 23.1 Å². The third-order valence-electron chi connectivity index (χ3n) is 4.03. The van der Waals surface area contributed by atoms with E-state index in [1.807, 2.05) is 0 Å². The molecule has 0 spiro atoms. The molecule has 0 saturated carbocycles. The molecule has 0 aliphatic heterocycles. The van der Waals surface area contributed by atoms with Crippen LogP contribution in [-0.4, -0.2) is 36.3 Å². The average Bonchev–Trinajstić information content (AvgIpc) is 3.07. The molecular weight excluding hydrogens is 390 g/mol. The van der Waals surface area contributed by atoms with Crippen molar-refractivity contribution in [2.24, 2.45) is 0 Å². The molecule has 3 aromatic rings. The van der Waals surface area contributed by atoms with Crippen LogP contribution in [0.5, 0.6) is 17.2 Å². The van der Waals surface area contributed by atoms with Crippen LogP contribution in [0.4, 0.5) is 8.78 Å². The molecule has 0 atom stereocenters. The highest BCUT2D eigenvalue weighted by atomic mass is 19.3. The first-order valence-corrected chi connectivity index (χ1v) is 8.30. The molecule has 0 N–H and O–H groups in total. The van der Waals surface area contributed by atoms with Crippen molar-refractivity contribution in [3.05, 3.63) is 58.6 Å². The second kappa shape index (κ2) is 8.55. The first kappa shape index (κ1) is 20.1. The Morgan fingerprint density at radius 2 is 1.79 bits per heavy atom. The lowest BCUT2D eigenvalue weighted by Crippen LogP contribution is -2.21. The monoisotopic (exact) mass is 406 g/mol. The van der Waals surface area contributed by atoms with Crippen molar-refractivity contribution >= 4 is 5.78 Å². The minimum absolute atomic E-state index is 0.0790. The molecule has 0 fully saturated rings. The van der Waals surface area contributed by atoms with Crippen LogP contribution in [0, 0.1) is 0 Å². The normalized spacial score (nSPS) is 10.8. The summed E-state index contributed by atoms with van der Waals surface area (Å²) in [7, 11) is 2.95. The molecule has 8 nitrogen and oxygen atoms in total. The van der Waals surface area contributed by atoms with Crippen LogP contribution < -0.4 is 20.0 Å². The van der Waals surface area contributed by atoms with Crippen molar-refractivity contribution in [1.29, 1.82) is 0 Å². The first-order valence-electron chi connectivity index (χ1n) is 8.30. The van der Waals surface area contributed by atoms with E-state index in [9.17, 15) is 18.4 Å². The number of Topliss-reactive ketones (excluding diaryl/α,β-unsaturated/α-hetero) is 1. The summed E-state index contributed by atoms with van der Waals surface area (Å²) >= 11 is 0. The molecular formula is C19H16F2N2O6. The van der Waals surface area contributed by atoms with E-state index in [0.29, 0.717) is 17.1 Å². The van der Waals surface area contributed by atoms with Gasteiger partial charge in [-0.2, -0.15) is 8.78 Å². The molecule has 0 bridgehead atoms. The quantitative estimate of drug-likeness (QED) is 0.531. The van der Waals surface area contributed by atoms with Crippen molar-refractivity contribution in [3.63, 3.8) is 0 Å². The topological polar surface area (TPSA) is 92.8 Å². The molecule has 0 amide bonds. The fourth-order valence-electron chi connectivity index (χ4n) is 2.65. The van der Waals surface area contributed by atoms with Gasteiger partial charge in [0.2, 0.25) is 0 Å². The smallest absolute Gasteiger partial charge is 0.442 e. The molecule has 0 aliphatic carbocycles. The molecule has 3 rings (SSSR count). The zero-order chi connectivity index (χ0) is 21.0. The Morgan fingerprint density at radius 3 is 2.41 bits per heavy atom. The van der Waals surface area contributed by atoms with E-state index in [0.717, 1.165) is 4.57 Å². The number of hydrogen-bond acceptors (Lipinski definition) is 7. The van der Waals surface area contributed by atoms with Crippen LogP contribution >= 0.6 is 0 Å². The maximum Gasteiger partial charge on any atom is 0.442 e. The highest BCUT2D eigenvalue weighted by molar-refractivity contribution is 5.96. The van der Waals surface area contributed by atoms with Gasteiger partial charge in [-0.15, -0.1) is 0 Å². The number of benzene rings is 2. The van der Waals surface area contributed by atoms with Gasteiger partial charge >= 0.3 is 12.4 Å². The van der Waals surface area contributed by atoms with Crippen molar-refractivity contribution < 1.29 is 32.3 Å². The maximum atomic E-state index is 12.5. The molecule has 0 unspecified atom stereocenters. The Morgan fingerprint density at radius 1 is 1.10 bits per heavy atom. The summed E-state index contributed by atoms with van der Waals surface area (Å²) in [6.45, 7) is -3.32. The van der Waals surface area contributed by atoms with Gasteiger partial charge in [-0.05, 0) is 42.5 Å². The summed E-state index contributed by atoms with van der Waals surface area (Å²) in [6.07, 6.45) is 0. The number of halogens is 2. The van der Waals surface area contributed by atoms with E-state index >= 15 is 0 Å². The third kappa shape index (κ3) is 4.42. The predicted molar refractivity (Wildman–Crippen MR) is 96.7 cm³/mol. The number of nitrogens with zero attached hydrogens (tertiary/aromatic N) is 2. The van der Waals surface area contributed by atoms with Gasteiger partial charge in [0, 0.05) is 11.1 Å². The van der Waals surface area contributed by atoms with E-state index in [1.165, 1.54) is 38.5 Å². The number of aromatic nitrogens is 2. The van der Waals surface area contributed by atoms with E-state index in [1.54, 1.807) is 18.2 Å². The van der Waals surface area contributed by atoms with Crippen molar-refractivity contribution in [2.45, 2.75) is 13.2 Å². The summed E-state index contributed by atoms with van der Waals surface area (Å²) in [4.78, 5) is 24.6. The maximum absolute atomic E-state index is 12.5. The van der Waals surface area contributed by atoms with Gasteiger partial charge in [-0.1, -0.05) is 5.16 Å². The second-order valence-electron chi connectivity index (χ2n) is 5.75. The number of ether oxygens (including phenoxy) is 3. The minimum atomic E-state index is -2.96. The Kier molecular flexibility index (Phi) is 5.91. The molecule has 29 heavy (non-hydrogen) atoms. The Hall–Kier alpha value is -3.69. The third-order valence-corrected chi connectivity index (χ3v) is 4.03. The zero-order valence-corrected chi connectivity index (χ0v) is 15.4. The summed E-state index contributed by atoms with van der Waals surface area (Å²) in [5.74, 6) is -0.322. The van der Waals surface area contributed by atoms with Crippen molar-refractivity contribution in [1.82, 2.24) is 9.72 Å². The SMILES string of the molecule is COc1ccc(-c2noc(=O)n2CC(=O)c2ccc(OC(F)F)cc2)cc1OC. The molecule has 2 aromatic carbocycles. The van der Waals surface area contributed by atoms with Gasteiger partial charge < -0.3 is 14.2 Å². The van der Waals surface area contributed by atoms with E-state index < -0.39 is 18.2 Å². The first-order chi connectivity index (χ1) is 13.9. The molecule has 1 aromatic heterocycles. The average molecular weight is 406 g/mol. The van der Waals surface area contributed by atoms with Gasteiger partial charge in [0.1, 0.15) is 5.75 Å². The zero-order valence-electron chi connectivity index (χ0n) is 15.4. The molecule has 1 heterocycles. The summed E-state index contributed by atoms with van der Waals surface area (Å²) in [5, 5.41) is 3.73. The van der Waals surface area contributed by atoms with E-state index in [2.05, 4.69) is 9.89 Å². The number of carbonyl (C=O) groups is 1. The van der Waals surface area contributed by atoms with Gasteiger partial charge in [0.25, 0.3) is 0 Å². The van der Waals surface area contributed by atoms with Crippen LogP contribution in [0.1, 0.15) is 10.4 Å². The van der Waals surface area contributed by atoms with Crippen LogP contribution in [0.3, 0.4) is 0 Å². The molecule has 152 valence electrons. The lowest BCUT2D eigenvalue weighted by atomic mass is 10.1. The standard InChI is InChI=1S/C19H16F2N2O6/c1-26-15-8-5-12(9-16(15)27-2)17-22-29-19(25)23(17)10-14(24)11-3-6-13(7-4-11)28-18(20)21/h3-9,18H,10H2,1-2H3. The number of methoxy groups -OCH3 is 2. The van der Waals surface area contributed by atoms with Crippen molar-refractivity contribution in [3.8, 4) is 28.6 Å². The lowest BCUT2D eigenvalue weighted by Gasteiger charge is -2.10. The molecule has 10 heteroatoms. The number of ketones is 1. The number of hydrogen-bond donors (Lipinski definition) is 0. The summed E-state index contributed by atoms with van der Waals surface area (Å²) in [6, 6.07) is 9.99. The Labute approximate surface area is 163 Å². The van der Waals surface area contributed by atoms with Crippen molar-refractivity contribution in [2.75, 3.05) is 14.2 Å². The van der Waals surface area contributed by atoms with Crippen LogP contribution in [0.15, 0.2) is 51.8 Å². The van der Waals surface area contributed by atoms with E-state index in [-0.39, 0.29) is 23.7 Å². The Bertz CT molecular complexity index is 1060. The fourth-order valence-corrected chi connectivity index (χ4v) is 2.65. The lowest BCUT2D eigenvalue weighted by molar-refractivity contribution is -0.0498.